The molecule has 2 rings (SSSR count). The van der Waals surface area contributed by atoms with Gasteiger partial charge >= 0.3 is 0 Å². The molecule has 4 heteroatoms. The molecule has 2 nitrogen and oxygen atoms in total. The molecule has 0 aromatic carbocycles. The molecular weight excluding hydrogens is 276 g/mol. The highest BCUT2D eigenvalue weighted by Crippen LogP contribution is 2.29. The second-order valence-electron chi connectivity index (χ2n) is 3.81. The third kappa shape index (κ3) is 2.55. The monoisotopic (exact) mass is 286 g/mol. The molecule has 1 aromatic heterocycles. The summed E-state index contributed by atoms with van der Waals surface area (Å²) in [4.78, 5) is 23.9. The molecule has 0 N–H and O–H groups in total. The predicted molar refractivity (Wildman–Crippen MR) is 63.3 cm³/mol. The van der Waals surface area contributed by atoms with Crippen molar-refractivity contribution in [2.75, 3.05) is 0 Å². The van der Waals surface area contributed by atoms with Crippen molar-refractivity contribution in [2.24, 2.45) is 5.92 Å². The summed E-state index contributed by atoms with van der Waals surface area (Å²) in [5.41, 5.74) is 0. The van der Waals surface area contributed by atoms with Crippen molar-refractivity contribution in [2.45, 2.75) is 25.7 Å². The molecule has 0 unspecified atom stereocenters. The standard InChI is InChI=1S/C11H11BrO2S/c12-8-5-10(15-6-8)11(14)7-1-3-9(13)4-2-7/h5-7H,1-4H2. The quantitative estimate of drug-likeness (QED) is 0.781. The highest BCUT2D eigenvalue weighted by atomic mass is 79.9. The molecule has 1 heterocycles. The molecule has 0 atom stereocenters. The minimum atomic E-state index is 0.0632. The van der Waals surface area contributed by atoms with Crippen LogP contribution in [0.25, 0.3) is 0 Å². The van der Waals surface area contributed by atoms with Gasteiger partial charge in [0.25, 0.3) is 0 Å². The summed E-state index contributed by atoms with van der Waals surface area (Å²) in [6.45, 7) is 0. The highest BCUT2D eigenvalue weighted by Gasteiger charge is 2.26. The minimum Gasteiger partial charge on any atom is -0.300 e. The van der Waals surface area contributed by atoms with Crippen molar-refractivity contribution in [3.05, 3.63) is 20.8 Å². The van der Waals surface area contributed by atoms with Crippen LogP contribution in [0, 0.1) is 5.92 Å². The molecular formula is C11H11BrO2S. The second kappa shape index (κ2) is 4.58. The van der Waals surface area contributed by atoms with E-state index in [4.69, 9.17) is 0 Å². The lowest BCUT2D eigenvalue weighted by molar-refractivity contribution is -0.120. The summed E-state index contributed by atoms with van der Waals surface area (Å²) in [6, 6.07) is 1.86. The lowest BCUT2D eigenvalue weighted by atomic mass is 9.85. The molecule has 0 saturated heterocycles. The van der Waals surface area contributed by atoms with Crippen molar-refractivity contribution in [1.82, 2.24) is 0 Å². The Morgan fingerprint density at radius 1 is 1.40 bits per heavy atom. The Morgan fingerprint density at radius 2 is 2.07 bits per heavy atom. The topological polar surface area (TPSA) is 34.1 Å². The van der Waals surface area contributed by atoms with Crippen LogP contribution in [0.3, 0.4) is 0 Å². The summed E-state index contributed by atoms with van der Waals surface area (Å²) in [7, 11) is 0. The van der Waals surface area contributed by atoms with Gasteiger partial charge in [0.05, 0.1) is 4.88 Å². The molecule has 1 saturated carbocycles. The normalized spacial score (nSPS) is 18.1. The van der Waals surface area contributed by atoms with Gasteiger partial charge in [0.15, 0.2) is 5.78 Å². The largest absolute Gasteiger partial charge is 0.300 e. The number of Topliss-reactive ketones (excluding diaryl/α,β-unsaturated/α-hetero) is 2. The van der Waals surface area contributed by atoms with E-state index in [-0.39, 0.29) is 11.7 Å². The Morgan fingerprint density at radius 3 is 2.60 bits per heavy atom. The van der Waals surface area contributed by atoms with E-state index in [0.29, 0.717) is 18.6 Å². The zero-order valence-corrected chi connectivity index (χ0v) is 10.6. The Bertz CT molecular complexity index is 387. The Kier molecular flexibility index (Phi) is 3.36. The maximum Gasteiger partial charge on any atom is 0.175 e. The number of hydrogen-bond donors (Lipinski definition) is 0. The van der Waals surface area contributed by atoms with E-state index in [0.717, 1.165) is 22.2 Å². The average Bonchev–Trinajstić information content (AvgIpc) is 2.65. The van der Waals surface area contributed by atoms with Gasteiger partial charge in [-0.05, 0) is 34.8 Å². The summed E-state index contributed by atoms with van der Waals surface area (Å²) >= 11 is 4.81. The van der Waals surface area contributed by atoms with Crippen LogP contribution in [-0.4, -0.2) is 11.6 Å². The molecule has 0 aliphatic heterocycles. The van der Waals surface area contributed by atoms with Crippen molar-refractivity contribution in [1.29, 1.82) is 0 Å². The molecule has 1 aliphatic rings. The van der Waals surface area contributed by atoms with Crippen LogP contribution < -0.4 is 0 Å². The summed E-state index contributed by atoms with van der Waals surface area (Å²) in [5.74, 6) is 0.567. The molecule has 80 valence electrons. The van der Waals surface area contributed by atoms with E-state index in [1.165, 1.54) is 11.3 Å². The van der Waals surface area contributed by atoms with E-state index in [2.05, 4.69) is 15.9 Å². The number of carbonyl (C=O) groups is 2. The minimum absolute atomic E-state index is 0.0632. The van der Waals surface area contributed by atoms with Gasteiger partial charge in [-0.15, -0.1) is 11.3 Å². The molecule has 0 bridgehead atoms. The lowest BCUT2D eigenvalue weighted by Crippen LogP contribution is -2.21. The molecule has 0 amide bonds. The fourth-order valence-corrected chi connectivity index (χ4v) is 3.29. The third-order valence-electron chi connectivity index (χ3n) is 2.72. The van der Waals surface area contributed by atoms with Gasteiger partial charge in [-0.1, -0.05) is 0 Å². The predicted octanol–water partition coefficient (Wildman–Crippen LogP) is 3.45. The zero-order valence-electron chi connectivity index (χ0n) is 8.16. The van der Waals surface area contributed by atoms with Gasteiger partial charge < -0.3 is 0 Å². The van der Waals surface area contributed by atoms with Crippen molar-refractivity contribution >= 4 is 38.8 Å². The van der Waals surface area contributed by atoms with Crippen molar-refractivity contribution < 1.29 is 9.59 Å². The summed E-state index contributed by atoms with van der Waals surface area (Å²) in [6.07, 6.45) is 2.60. The number of halogens is 1. The van der Waals surface area contributed by atoms with E-state index in [1.54, 1.807) is 0 Å². The molecule has 0 spiro atoms. The number of carbonyl (C=O) groups excluding carboxylic acids is 2. The van der Waals surface area contributed by atoms with E-state index in [1.807, 2.05) is 11.4 Å². The van der Waals surface area contributed by atoms with Gasteiger partial charge in [-0.25, -0.2) is 0 Å². The van der Waals surface area contributed by atoms with Crippen LogP contribution in [0.1, 0.15) is 35.4 Å². The van der Waals surface area contributed by atoms with Gasteiger partial charge in [-0.3, -0.25) is 9.59 Å². The maximum atomic E-state index is 12.0. The average molecular weight is 287 g/mol. The van der Waals surface area contributed by atoms with E-state index < -0.39 is 0 Å². The van der Waals surface area contributed by atoms with Gasteiger partial charge in [0, 0.05) is 28.6 Å². The molecule has 1 fully saturated rings. The Labute approximate surface area is 101 Å². The lowest BCUT2D eigenvalue weighted by Gasteiger charge is -2.18. The highest BCUT2D eigenvalue weighted by molar-refractivity contribution is 9.10. The van der Waals surface area contributed by atoms with Crippen molar-refractivity contribution in [3.8, 4) is 0 Å². The van der Waals surface area contributed by atoms with Gasteiger partial charge in [0.2, 0.25) is 0 Å². The van der Waals surface area contributed by atoms with Crippen LogP contribution in [-0.2, 0) is 4.79 Å². The molecule has 1 aromatic rings. The number of thiophene rings is 1. The molecule has 1 aliphatic carbocycles. The number of rotatable bonds is 2. The number of ketones is 2. The zero-order chi connectivity index (χ0) is 10.8. The second-order valence-corrected chi connectivity index (χ2v) is 5.63. The van der Waals surface area contributed by atoms with E-state index >= 15 is 0 Å². The number of hydrogen-bond acceptors (Lipinski definition) is 3. The molecule has 15 heavy (non-hydrogen) atoms. The SMILES string of the molecule is O=C1CCC(C(=O)c2cc(Br)cs2)CC1. The first-order valence-corrected chi connectivity index (χ1v) is 6.64. The summed E-state index contributed by atoms with van der Waals surface area (Å²) in [5, 5.41) is 1.92. The first kappa shape index (κ1) is 11.0. The third-order valence-corrected chi connectivity index (χ3v) is 4.43. The van der Waals surface area contributed by atoms with Crippen LogP contribution in [0.4, 0.5) is 0 Å². The Balaban J connectivity index is 2.05. The first-order valence-electron chi connectivity index (χ1n) is 4.97. The van der Waals surface area contributed by atoms with Crippen LogP contribution in [0.2, 0.25) is 0 Å². The van der Waals surface area contributed by atoms with Gasteiger partial charge in [0.1, 0.15) is 5.78 Å². The smallest absolute Gasteiger partial charge is 0.175 e. The van der Waals surface area contributed by atoms with Gasteiger partial charge in [-0.2, -0.15) is 0 Å². The maximum absolute atomic E-state index is 12.0. The fraction of sp³-hybridized carbons (Fsp3) is 0.455. The fourth-order valence-electron chi connectivity index (χ4n) is 1.85. The Hall–Kier alpha value is -0.480. The van der Waals surface area contributed by atoms with Crippen LogP contribution >= 0.6 is 27.3 Å². The van der Waals surface area contributed by atoms with E-state index in [9.17, 15) is 9.59 Å². The molecule has 0 radical (unpaired) electrons. The van der Waals surface area contributed by atoms with Crippen LogP contribution in [0.5, 0.6) is 0 Å². The van der Waals surface area contributed by atoms with Crippen molar-refractivity contribution in [3.63, 3.8) is 0 Å². The van der Waals surface area contributed by atoms with Crippen LogP contribution in [0.15, 0.2) is 15.9 Å². The first-order chi connectivity index (χ1) is 7.16. The summed E-state index contributed by atoms with van der Waals surface area (Å²) < 4.78 is 0.961.